The van der Waals surface area contributed by atoms with Crippen molar-refractivity contribution in [3.05, 3.63) is 90.3 Å². The summed E-state index contributed by atoms with van der Waals surface area (Å²) in [6, 6.07) is 20.8. The molecule has 0 fully saturated rings. The number of para-hydroxylation sites is 1. The van der Waals surface area contributed by atoms with Gasteiger partial charge in [-0.2, -0.15) is 5.10 Å². The molecule has 5 rings (SSSR count). The second-order valence-corrected chi connectivity index (χ2v) is 9.32. The molecule has 0 atom stereocenters. The number of carbonyl (C=O) groups excluding carboxylic acids is 1. The molecule has 0 unspecified atom stereocenters. The SMILES string of the molecule is Cn1nccc1-c1ccccc1Oc1ccc2nc(NC(=O)c3ccc(C(C)(C)C)cc3)cn2n1. The lowest BCUT2D eigenvalue weighted by atomic mass is 9.87. The first-order valence-corrected chi connectivity index (χ1v) is 11.3. The minimum atomic E-state index is -0.226. The summed E-state index contributed by atoms with van der Waals surface area (Å²) in [5, 5.41) is 11.6. The Kier molecular flexibility index (Phi) is 5.56. The largest absolute Gasteiger partial charge is 0.437 e. The van der Waals surface area contributed by atoms with E-state index < -0.39 is 0 Å². The fourth-order valence-corrected chi connectivity index (χ4v) is 3.81. The summed E-state index contributed by atoms with van der Waals surface area (Å²) in [7, 11) is 1.89. The molecule has 3 heterocycles. The molecule has 0 aliphatic heterocycles. The predicted molar refractivity (Wildman–Crippen MR) is 135 cm³/mol. The summed E-state index contributed by atoms with van der Waals surface area (Å²) in [5.41, 5.74) is 4.20. The minimum Gasteiger partial charge on any atom is -0.437 e. The van der Waals surface area contributed by atoms with Gasteiger partial charge in [0, 0.05) is 30.4 Å². The summed E-state index contributed by atoms with van der Waals surface area (Å²) in [5.74, 6) is 1.25. The lowest BCUT2D eigenvalue weighted by Crippen LogP contribution is -2.14. The van der Waals surface area contributed by atoms with Crippen molar-refractivity contribution in [1.82, 2.24) is 24.4 Å². The van der Waals surface area contributed by atoms with Crippen molar-refractivity contribution >= 4 is 17.4 Å². The van der Waals surface area contributed by atoms with E-state index in [1.54, 1.807) is 33.7 Å². The van der Waals surface area contributed by atoms with Gasteiger partial charge < -0.3 is 10.1 Å². The zero-order chi connectivity index (χ0) is 24.6. The van der Waals surface area contributed by atoms with Gasteiger partial charge in [-0.3, -0.25) is 9.48 Å². The van der Waals surface area contributed by atoms with Crippen LogP contribution in [0.25, 0.3) is 16.9 Å². The number of imidazole rings is 1. The molecule has 5 aromatic rings. The maximum Gasteiger partial charge on any atom is 0.256 e. The molecule has 1 amide bonds. The van der Waals surface area contributed by atoms with Gasteiger partial charge in [0.25, 0.3) is 5.91 Å². The van der Waals surface area contributed by atoms with Gasteiger partial charge in [0.15, 0.2) is 11.5 Å². The fraction of sp³-hybridized carbons (Fsp3) is 0.185. The molecule has 0 aliphatic carbocycles. The smallest absolute Gasteiger partial charge is 0.256 e. The Hall–Kier alpha value is -4.46. The first-order chi connectivity index (χ1) is 16.8. The van der Waals surface area contributed by atoms with E-state index in [1.165, 1.54) is 5.56 Å². The molecule has 0 radical (unpaired) electrons. The summed E-state index contributed by atoms with van der Waals surface area (Å²) in [6.45, 7) is 6.42. The number of rotatable bonds is 5. The number of anilines is 1. The summed E-state index contributed by atoms with van der Waals surface area (Å²) in [4.78, 5) is 17.2. The number of nitrogens with one attached hydrogen (secondary N) is 1. The third-order valence-electron chi connectivity index (χ3n) is 5.75. The van der Waals surface area contributed by atoms with E-state index in [4.69, 9.17) is 4.74 Å². The third kappa shape index (κ3) is 4.63. The van der Waals surface area contributed by atoms with Crippen molar-refractivity contribution in [2.24, 2.45) is 7.05 Å². The molecular weight excluding hydrogens is 440 g/mol. The average molecular weight is 467 g/mol. The maximum atomic E-state index is 12.7. The van der Waals surface area contributed by atoms with E-state index in [-0.39, 0.29) is 11.3 Å². The van der Waals surface area contributed by atoms with E-state index in [2.05, 4.69) is 41.3 Å². The van der Waals surface area contributed by atoms with Gasteiger partial charge in [0.1, 0.15) is 5.75 Å². The number of hydrogen-bond donors (Lipinski definition) is 1. The zero-order valence-electron chi connectivity index (χ0n) is 20.1. The quantitative estimate of drug-likeness (QED) is 0.371. The van der Waals surface area contributed by atoms with Crippen LogP contribution in [0.3, 0.4) is 0 Å². The van der Waals surface area contributed by atoms with Crippen molar-refractivity contribution < 1.29 is 9.53 Å². The lowest BCUT2D eigenvalue weighted by Gasteiger charge is -2.18. The summed E-state index contributed by atoms with van der Waals surface area (Å²) < 4.78 is 9.48. The van der Waals surface area contributed by atoms with E-state index in [9.17, 15) is 4.79 Å². The molecular formula is C27H26N6O2. The number of carbonyl (C=O) groups is 1. The first-order valence-electron chi connectivity index (χ1n) is 11.3. The Labute approximate surface area is 203 Å². The van der Waals surface area contributed by atoms with Crippen LogP contribution in [0.4, 0.5) is 5.82 Å². The van der Waals surface area contributed by atoms with Crippen molar-refractivity contribution in [3.8, 4) is 22.9 Å². The summed E-state index contributed by atoms with van der Waals surface area (Å²) in [6.07, 6.45) is 3.41. The molecule has 0 saturated heterocycles. The Balaban J connectivity index is 1.35. The third-order valence-corrected chi connectivity index (χ3v) is 5.75. The highest BCUT2D eigenvalue weighted by molar-refractivity contribution is 6.03. The Morgan fingerprint density at radius 3 is 2.46 bits per heavy atom. The molecule has 1 N–H and O–H groups in total. The van der Waals surface area contributed by atoms with Crippen LogP contribution in [0.1, 0.15) is 36.7 Å². The Morgan fingerprint density at radius 2 is 1.74 bits per heavy atom. The normalized spacial score (nSPS) is 11.5. The van der Waals surface area contributed by atoms with Gasteiger partial charge in [-0.1, -0.05) is 45.0 Å². The van der Waals surface area contributed by atoms with Crippen LogP contribution in [0.5, 0.6) is 11.6 Å². The molecule has 0 spiro atoms. The Bertz CT molecular complexity index is 1510. The number of hydrogen-bond acceptors (Lipinski definition) is 5. The van der Waals surface area contributed by atoms with Crippen LogP contribution < -0.4 is 10.1 Å². The number of nitrogens with zero attached hydrogens (tertiary/aromatic N) is 5. The number of ether oxygens (including phenoxy) is 1. The van der Waals surface area contributed by atoms with Crippen LogP contribution in [0, 0.1) is 0 Å². The number of aromatic nitrogens is 5. The van der Waals surface area contributed by atoms with Crippen LogP contribution >= 0.6 is 0 Å². The van der Waals surface area contributed by atoms with Crippen LogP contribution in [-0.2, 0) is 12.5 Å². The van der Waals surface area contributed by atoms with Gasteiger partial charge in [0.2, 0.25) is 5.88 Å². The van der Waals surface area contributed by atoms with E-state index in [0.717, 1.165) is 11.3 Å². The molecule has 176 valence electrons. The first kappa shape index (κ1) is 22.3. The van der Waals surface area contributed by atoms with Crippen molar-refractivity contribution in [1.29, 1.82) is 0 Å². The molecule has 2 aromatic carbocycles. The summed E-state index contributed by atoms with van der Waals surface area (Å²) >= 11 is 0. The van der Waals surface area contributed by atoms with Crippen LogP contribution in [0.2, 0.25) is 0 Å². The maximum absolute atomic E-state index is 12.7. The second kappa shape index (κ2) is 8.72. The lowest BCUT2D eigenvalue weighted by molar-refractivity contribution is 0.102. The van der Waals surface area contributed by atoms with Crippen LogP contribution in [-0.4, -0.2) is 30.3 Å². The molecule has 8 heteroatoms. The predicted octanol–water partition coefficient (Wildman–Crippen LogP) is 5.47. The van der Waals surface area contributed by atoms with Crippen molar-refractivity contribution in [2.75, 3.05) is 5.32 Å². The second-order valence-electron chi connectivity index (χ2n) is 9.32. The minimum absolute atomic E-state index is 0.0281. The standard InChI is InChI=1S/C27H26N6O2/c1-27(2,3)19-11-9-18(10-12-19)26(34)30-23-17-33-24(29-23)13-14-25(31-33)35-22-8-6-5-7-20(22)21-15-16-28-32(21)4/h5-17H,1-4H3,(H,30,34). The van der Waals surface area contributed by atoms with Gasteiger partial charge in [-0.05, 0) is 47.4 Å². The number of fused-ring (bicyclic) bond motifs is 1. The van der Waals surface area contributed by atoms with Gasteiger partial charge in [-0.25, -0.2) is 9.50 Å². The number of aryl methyl sites for hydroxylation is 1. The van der Waals surface area contributed by atoms with E-state index >= 15 is 0 Å². The molecule has 0 bridgehead atoms. The highest BCUT2D eigenvalue weighted by Crippen LogP contribution is 2.32. The molecule has 0 saturated carbocycles. The van der Waals surface area contributed by atoms with E-state index in [0.29, 0.717) is 28.7 Å². The highest BCUT2D eigenvalue weighted by atomic mass is 16.5. The van der Waals surface area contributed by atoms with Crippen molar-refractivity contribution in [2.45, 2.75) is 26.2 Å². The fourth-order valence-electron chi connectivity index (χ4n) is 3.81. The highest BCUT2D eigenvalue weighted by Gasteiger charge is 2.16. The number of amides is 1. The molecule has 3 aromatic heterocycles. The average Bonchev–Trinajstić information content (AvgIpc) is 3.44. The molecule has 8 nitrogen and oxygen atoms in total. The van der Waals surface area contributed by atoms with Gasteiger partial charge >= 0.3 is 0 Å². The number of benzene rings is 2. The van der Waals surface area contributed by atoms with Crippen LogP contribution in [0.15, 0.2) is 79.1 Å². The van der Waals surface area contributed by atoms with Crippen molar-refractivity contribution in [3.63, 3.8) is 0 Å². The van der Waals surface area contributed by atoms with Gasteiger partial charge in [-0.15, -0.1) is 5.10 Å². The van der Waals surface area contributed by atoms with E-state index in [1.807, 2.05) is 61.6 Å². The molecule has 35 heavy (non-hydrogen) atoms. The molecule has 0 aliphatic rings. The monoisotopic (exact) mass is 466 g/mol. The topological polar surface area (TPSA) is 86.3 Å². The Morgan fingerprint density at radius 1 is 0.971 bits per heavy atom. The zero-order valence-corrected chi connectivity index (χ0v) is 20.1. The van der Waals surface area contributed by atoms with Gasteiger partial charge in [0.05, 0.1) is 11.9 Å².